The summed E-state index contributed by atoms with van der Waals surface area (Å²) >= 11 is 0. The molecule has 1 radical (unpaired) electrons. The molecule has 0 aliphatic carbocycles. The van der Waals surface area contributed by atoms with Crippen molar-refractivity contribution in [3.63, 3.8) is 0 Å². The van der Waals surface area contributed by atoms with E-state index in [4.69, 9.17) is 69.5 Å². The summed E-state index contributed by atoms with van der Waals surface area (Å²) < 4.78 is 32.1. The van der Waals surface area contributed by atoms with Gasteiger partial charge in [-0.1, -0.05) is 53.6 Å². The summed E-state index contributed by atoms with van der Waals surface area (Å²) in [6.07, 6.45) is -3.42. The molecule has 2 aromatic rings. The van der Waals surface area contributed by atoms with Gasteiger partial charge in [-0.2, -0.15) is 17.1 Å². The number of hydrogen-bond donors (Lipinski definition) is 9. The molecule has 18 atom stereocenters. The number of hydrogen-bond acceptors (Lipinski definition) is 13. The van der Waals surface area contributed by atoms with Crippen LogP contribution in [0.15, 0.2) is 57.8 Å². The Balaban J connectivity index is 0.0000118. The summed E-state index contributed by atoms with van der Waals surface area (Å²) in [5.74, 6) is -7.14. The molecule has 8 bridgehead atoms. The van der Waals surface area contributed by atoms with Gasteiger partial charge in [-0.3, -0.25) is 42.6 Å². The molecule has 505 valence electrons. The van der Waals surface area contributed by atoms with E-state index >= 15 is 0 Å². The number of fused-ring (bicyclic) bond motifs is 10. The van der Waals surface area contributed by atoms with Gasteiger partial charge in [0.25, 0.3) is 0 Å². The van der Waals surface area contributed by atoms with E-state index in [0.717, 1.165) is 17.3 Å². The molecule has 15 N–H and O–H groups in total. The van der Waals surface area contributed by atoms with E-state index in [-0.39, 0.29) is 87.4 Å². The van der Waals surface area contributed by atoms with Crippen LogP contribution in [0.4, 0.5) is 0 Å². The standard InChI is InChI=1S/C62H90N13O14P.Co/c1-29-20-39-40(21-30(29)2)75(28-70-39)57-52(84)53(41(27-76)87-57)89-90(85,86)88-31(3)26-69-49(83)18-19-59(8)37(22-46(66)80)56-62(11)61(10,25-48(68)82)36(14-17-45(65)79)51(74-62)33(5)55-60(9,24-47(67)81)34(12-15-43(63)77)38(71-55)23-42-58(6,7)35(13-16-44(64)78)50(72-42)32(4)54(59)73-56;/h20-21,23,26,28,31,34-38,41,50-53,56-57,76,84H,12-19,22,24-25,27H2,1-11H3,(H13,63,64,65,66,67,68,77,78,79,80,81,82,85,86);/q-4;/b42-23-,54-32-,55-33-,69-26?;. The molecule has 6 aliphatic heterocycles. The fraction of sp³-hybridized carbons (Fsp3) is 0.661. The van der Waals surface area contributed by atoms with Crippen LogP contribution in [0.1, 0.15) is 150 Å². The summed E-state index contributed by atoms with van der Waals surface area (Å²) in [4.78, 5) is 113. The monoisotopic (exact) mass is 1330 g/mol. The maximum absolute atomic E-state index is 14.3. The van der Waals surface area contributed by atoms with E-state index in [1.807, 2.05) is 87.4 Å². The number of amides is 7. The van der Waals surface area contributed by atoms with Crippen molar-refractivity contribution >= 4 is 66.4 Å². The molecule has 0 spiro atoms. The first-order valence-corrected chi connectivity index (χ1v) is 32.2. The Hall–Kier alpha value is -6.07. The van der Waals surface area contributed by atoms with Crippen LogP contribution in [-0.2, 0) is 68.7 Å². The first-order valence-electron chi connectivity index (χ1n) is 30.7. The van der Waals surface area contributed by atoms with E-state index in [9.17, 15) is 53.2 Å². The van der Waals surface area contributed by atoms with Crippen LogP contribution in [0, 0.1) is 59.2 Å². The van der Waals surface area contributed by atoms with Gasteiger partial charge in [0.05, 0.1) is 24.0 Å². The second kappa shape index (κ2) is 27.1. The third-order valence-electron chi connectivity index (χ3n) is 21.0. The average molecular weight is 1330 g/mol. The summed E-state index contributed by atoms with van der Waals surface area (Å²) in [5, 5.41) is 44.1. The second-order valence-corrected chi connectivity index (χ2v) is 28.7. The smallest absolute Gasteiger partial charge is 0.473 e. The minimum atomic E-state index is -5.12. The molecule has 18 unspecified atom stereocenters. The van der Waals surface area contributed by atoms with Gasteiger partial charge >= 0.3 is 7.82 Å². The van der Waals surface area contributed by atoms with Crippen LogP contribution < -0.4 is 44.0 Å². The fourth-order valence-electron chi connectivity index (χ4n) is 16.0. The third-order valence-corrected chi connectivity index (χ3v) is 22.1. The van der Waals surface area contributed by atoms with Crippen molar-refractivity contribution in [2.24, 2.45) is 84.7 Å². The molecule has 29 heteroatoms. The number of phosphoric ester groups is 1. The number of carbonyl (C=O) groups excluding carboxylic acids is 7. The Morgan fingerprint density at radius 3 is 1.90 bits per heavy atom. The van der Waals surface area contributed by atoms with Crippen LogP contribution in [-0.4, -0.2) is 123 Å². The van der Waals surface area contributed by atoms with Crippen molar-refractivity contribution < 1.29 is 88.4 Å². The Kier molecular flexibility index (Phi) is 21.5. The van der Waals surface area contributed by atoms with Gasteiger partial charge in [0, 0.05) is 67.9 Å². The Bertz CT molecular complexity index is 3390. The van der Waals surface area contributed by atoms with Gasteiger partial charge in [-0.05, 0) is 129 Å². The summed E-state index contributed by atoms with van der Waals surface area (Å²) in [5.41, 5.74) is 36.0. The van der Waals surface area contributed by atoms with Crippen LogP contribution >= 0.6 is 7.82 Å². The molecule has 5 fully saturated rings. The number of aryl methyl sites for hydroxylation is 2. The van der Waals surface area contributed by atoms with E-state index in [2.05, 4.69) is 9.98 Å². The zero-order chi connectivity index (χ0) is 66.7. The summed E-state index contributed by atoms with van der Waals surface area (Å²) in [6, 6.07) is 0.355. The topological polar surface area (TPSA) is 468 Å². The molecule has 27 nitrogen and oxygen atoms in total. The SMILES string of the molecule is C/C1=C2/[N-]C(C(CC(N)=O)C2(C)CCC(=O)N=CC(C)OP(=O)(O)OC2C(CO)OC([n+]3c[n-]c4cc(C)c(C)cc43)C2O)C2(C)[N-]C(/C(C)=C3\[N-]C(/C=C4\[N-]C1C(CCC(N)=O)C4(C)C)C(CCC(N)=O)C3(C)CC(N)=O)C(CCC(N)=O)C2(C)CC(N)=O.[Co]. The second-order valence-electron chi connectivity index (χ2n) is 27.3. The number of primary amides is 6. The maximum Gasteiger partial charge on any atom is 0.473 e. The van der Waals surface area contributed by atoms with Gasteiger partial charge in [-0.25, -0.2) is 14.5 Å². The third kappa shape index (κ3) is 14.0. The number of aliphatic hydroxyl groups is 2. The Morgan fingerprint density at radius 1 is 0.747 bits per heavy atom. The number of rotatable bonds is 25. The molecular formula is C62H90CoN13O14P-4. The van der Waals surface area contributed by atoms with E-state index < -0.39 is 161 Å². The molecule has 1 aromatic heterocycles. The molecule has 0 saturated carbocycles. The number of nitrogens with two attached hydrogens (primary N) is 6. The molecule has 91 heavy (non-hydrogen) atoms. The molecule has 1 aromatic carbocycles. The number of carbonyl (C=O) groups is 7. The van der Waals surface area contributed by atoms with Crippen molar-refractivity contribution in [2.45, 2.75) is 207 Å². The number of phosphoric acid groups is 1. The van der Waals surface area contributed by atoms with Crippen molar-refractivity contribution in [1.82, 2.24) is 4.98 Å². The van der Waals surface area contributed by atoms with Crippen LogP contribution in [0.2, 0.25) is 0 Å². The van der Waals surface area contributed by atoms with Gasteiger partial charge in [-0.15, -0.1) is 34.8 Å². The molecule has 7 heterocycles. The zero-order valence-corrected chi connectivity index (χ0v) is 55.5. The van der Waals surface area contributed by atoms with Crippen molar-refractivity contribution in [3.05, 3.63) is 85.2 Å². The van der Waals surface area contributed by atoms with Gasteiger partial charge < -0.3 is 80.1 Å². The van der Waals surface area contributed by atoms with E-state index in [1.54, 1.807) is 4.57 Å². The van der Waals surface area contributed by atoms with E-state index in [0.29, 0.717) is 39.3 Å². The van der Waals surface area contributed by atoms with Gasteiger partial charge in [0.2, 0.25) is 41.4 Å². The number of aliphatic imine (C=N–C) groups is 1. The number of aromatic nitrogens is 2. The predicted octanol–water partition coefficient (Wildman–Crippen LogP) is 4.38. The van der Waals surface area contributed by atoms with Crippen LogP contribution in [0.25, 0.3) is 32.3 Å². The first kappa shape index (κ1) is 72.4. The van der Waals surface area contributed by atoms with Crippen molar-refractivity contribution in [3.8, 4) is 0 Å². The normalized spacial score (nSPS) is 36.4. The number of ether oxygens (including phenoxy) is 1. The molecule has 5 saturated heterocycles. The predicted molar refractivity (Wildman–Crippen MR) is 331 cm³/mol. The Morgan fingerprint density at radius 2 is 1.32 bits per heavy atom. The summed E-state index contributed by atoms with van der Waals surface area (Å²) in [7, 11) is -5.12. The zero-order valence-electron chi connectivity index (χ0n) is 53.6. The van der Waals surface area contributed by atoms with Crippen molar-refractivity contribution in [1.29, 1.82) is 0 Å². The first-order chi connectivity index (χ1) is 41.8. The van der Waals surface area contributed by atoms with Gasteiger partial charge in [0.15, 0.2) is 6.23 Å². The largest absolute Gasteiger partial charge is 0.685 e. The van der Waals surface area contributed by atoms with Crippen LogP contribution in [0.5, 0.6) is 0 Å². The number of allylic oxidation sites excluding steroid dienone is 3. The fourth-order valence-corrected chi connectivity index (χ4v) is 17.1. The molecule has 6 aliphatic rings. The van der Waals surface area contributed by atoms with E-state index in [1.165, 1.54) is 13.3 Å². The molecule has 7 amide bonds. The number of nitrogens with zero attached hydrogens (tertiary/aromatic N) is 7. The molecule has 8 rings (SSSR count). The summed E-state index contributed by atoms with van der Waals surface area (Å²) in [6.45, 7) is 19.6. The number of benzene rings is 1. The Labute approximate surface area is 541 Å². The van der Waals surface area contributed by atoms with Crippen LogP contribution in [0.3, 0.4) is 0 Å². The minimum Gasteiger partial charge on any atom is -0.685 e. The number of imidazole rings is 1. The average Bonchev–Trinajstić information content (AvgIpc) is 1.53. The minimum absolute atomic E-state index is 0. The van der Waals surface area contributed by atoms with Gasteiger partial charge in [0.1, 0.15) is 24.4 Å². The van der Waals surface area contributed by atoms with Crippen molar-refractivity contribution in [2.75, 3.05) is 6.61 Å². The molecular weight excluding hydrogens is 1240 g/mol. The maximum atomic E-state index is 14.3. The number of aliphatic hydroxyl groups excluding tert-OH is 2. The quantitative estimate of drug-likeness (QED) is 0.0378.